The summed E-state index contributed by atoms with van der Waals surface area (Å²) in [6, 6.07) is 3.68. The van der Waals surface area contributed by atoms with Crippen LogP contribution in [0.4, 0.5) is 4.79 Å². The zero-order chi connectivity index (χ0) is 12.7. The van der Waals surface area contributed by atoms with Gasteiger partial charge in [0.05, 0.1) is 10.9 Å². The van der Waals surface area contributed by atoms with Gasteiger partial charge >= 0.3 is 6.03 Å². The van der Waals surface area contributed by atoms with Crippen molar-refractivity contribution in [2.24, 2.45) is 0 Å². The molecule has 1 rings (SSSR count). The molecule has 0 aromatic carbocycles. The van der Waals surface area contributed by atoms with Crippen molar-refractivity contribution in [1.82, 2.24) is 10.2 Å². The molecule has 0 atom stereocenters. The summed E-state index contributed by atoms with van der Waals surface area (Å²) >= 11 is 7.34. The number of aliphatic hydroxyl groups excluding tert-OH is 1. The molecule has 2 N–H and O–H groups in total. The normalized spacial score (nSPS) is 10.3. The highest BCUT2D eigenvalue weighted by atomic mass is 35.5. The van der Waals surface area contributed by atoms with Crippen LogP contribution in [0.25, 0.3) is 0 Å². The van der Waals surface area contributed by atoms with Gasteiger partial charge in [-0.2, -0.15) is 0 Å². The second kappa shape index (κ2) is 7.53. The topological polar surface area (TPSA) is 52.6 Å². The molecule has 1 heterocycles. The number of nitrogens with zero attached hydrogens (tertiary/aromatic N) is 1. The van der Waals surface area contributed by atoms with Gasteiger partial charge in [0, 0.05) is 24.5 Å². The molecule has 0 saturated carbocycles. The Morgan fingerprint density at radius 2 is 2.35 bits per heavy atom. The summed E-state index contributed by atoms with van der Waals surface area (Å²) in [6.07, 6.45) is 0.778. The first-order chi connectivity index (χ1) is 8.17. The van der Waals surface area contributed by atoms with Gasteiger partial charge < -0.3 is 15.3 Å². The van der Waals surface area contributed by atoms with Crippen molar-refractivity contribution in [2.75, 3.05) is 26.2 Å². The molecule has 6 heteroatoms. The minimum Gasteiger partial charge on any atom is -0.395 e. The lowest BCUT2D eigenvalue weighted by atomic mass is 10.3. The van der Waals surface area contributed by atoms with Gasteiger partial charge in [-0.1, -0.05) is 11.6 Å². The van der Waals surface area contributed by atoms with Gasteiger partial charge in [0.1, 0.15) is 0 Å². The average Bonchev–Trinajstić information content (AvgIpc) is 2.71. The molecule has 4 nitrogen and oxygen atoms in total. The Balaban J connectivity index is 2.28. The first-order valence-electron chi connectivity index (χ1n) is 5.55. The Morgan fingerprint density at radius 3 is 2.88 bits per heavy atom. The van der Waals surface area contributed by atoms with Crippen molar-refractivity contribution in [3.05, 3.63) is 21.3 Å². The zero-order valence-electron chi connectivity index (χ0n) is 9.78. The van der Waals surface area contributed by atoms with E-state index in [-0.39, 0.29) is 12.6 Å². The molecule has 0 aliphatic heterocycles. The van der Waals surface area contributed by atoms with Crippen molar-refractivity contribution in [1.29, 1.82) is 0 Å². The third-order valence-corrected chi connectivity index (χ3v) is 3.61. The number of halogens is 1. The summed E-state index contributed by atoms with van der Waals surface area (Å²) in [5, 5.41) is 11.6. The molecule has 0 unspecified atom stereocenters. The van der Waals surface area contributed by atoms with E-state index in [1.54, 1.807) is 4.90 Å². The highest BCUT2D eigenvalue weighted by Crippen LogP contribution is 2.21. The average molecular weight is 277 g/mol. The van der Waals surface area contributed by atoms with Crippen molar-refractivity contribution in [3.8, 4) is 0 Å². The number of thiophene rings is 1. The third-order valence-electron chi connectivity index (χ3n) is 2.32. The number of rotatable bonds is 6. The minimum absolute atomic E-state index is 0.0121. The summed E-state index contributed by atoms with van der Waals surface area (Å²) in [4.78, 5) is 14.4. The third kappa shape index (κ3) is 4.93. The SMILES string of the molecule is CCN(CCO)C(=O)NCCc1ccc(Cl)s1. The lowest BCUT2D eigenvalue weighted by molar-refractivity contribution is 0.180. The van der Waals surface area contributed by atoms with Gasteiger partial charge in [-0.3, -0.25) is 0 Å². The lowest BCUT2D eigenvalue weighted by Gasteiger charge is -2.19. The van der Waals surface area contributed by atoms with Crippen molar-refractivity contribution in [3.63, 3.8) is 0 Å². The fourth-order valence-corrected chi connectivity index (χ4v) is 2.50. The number of carbonyl (C=O) groups is 1. The summed E-state index contributed by atoms with van der Waals surface area (Å²) in [5.41, 5.74) is 0. The standard InChI is InChI=1S/C11H17ClN2O2S/c1-2-14(7-8-15)11(16)13-6-5-9-3-4-10(12)17-9/h3-4,15H,2,5-8H2,1H3,(H,13,16). The minimum atomic E-state index is -0.135. The molecule has 1 aromatic heterocycles. The fraction of sp³-hybridized carbons (Fsp3) is 0.545. The summed E-state index contributed by atoms with van der Waals surface area (Å²) in [5.74, 6) is 0. The second-order valence-corrected chi connectivity index (χ2v) is 5.29. The number of hydrogen-bond donors (Lipinski definition) is 2. The van der Waals surface area contributed by atoms with Crippen LogP contribution in [0.3, 0.4) is 0 Å². The summed E-state index contributed by atoms with van der Waals surface area (Å²) in [7, 11) is 0. The van der Waals surface area contributed by atoms with Crippen LogP contribution in [0, 0.1) is 0 Å². The number of urea groups is 1. The van der Waals surface area contributed by atoms with E-state index in [2.05, 4.69) is 5.32 Å². The van der Waals surface area contributed by atoms with Crippen molar-refractivity contribution >= 4 is 29.0 Å². The van der Waals surface area contributed by atoms with Crippen LogP contribution >= 0.6 is 22.9 Å². The molecule has 96 valence electrons. The Hall–Kier alpha value is -0.780. The lowest BCUT2D eigenvalue weighted by Crippen LogP contribution is -2.42. The van der Waals surface area contributed by atoms with Gasteiger partial charge in [0.15, 0.2) is 0 Å². The predicted molar refractivity (Wildman–Crippen MR) is 70.8 cm³/mol. The zero-order valence-corrected chi connectivity index (χ0v) is 11.4. The largest absolute Gasteiger partial charge is 0.395 e. The summed E-state index contributed by atoms with van der Waals surface area (Å²) < 4.78 is 0.766. The Kier molecular flexibility index (Phi) is 6.32. The fourth-order valence-electron chi connectivity index (χ4n) is 1.41. The van der Waals surface area contributed by atoms with E-state index in [0.717, 1.165) is 15.6 Å². The van der Waals surface area contributed by atoms with Gasteiger partial charge in [-0.15, -0.1) is 11.3 Å². The van der Waals surface area contributed by atoms with E-state index >= 15 is 0 Å². The predicted octanol–water partition coefficient (Wildman–Crippen LogP) is 1.97. The van der Waals surface area contributed by atoms with Crippen LogP contribution in [0.1, 0.15) is 11.8 Å². The van der Waals surface area contributed by atoms with Gasteiger partial charge in [0.2, 0.25) is 0 Å². The molecular formula is C11H17ClN2O2S. The van der Waals surface area contributed by atoms with Gasteiger partial charge in [0.25, 0.3) is 0 Å². The smallest absolute Gasteiger partial charge is 0.317 e. The first kappa shape index (κ1) is 14.3. The maximum atomic E-state index is 11.6. The van der Waals surface area contributed by atoms with Crippen LogP contribution in [0.2, 0.25) is 4.34 Å². The number of amides is 2. The molecule has 0 saturated heterocycles. The van der Waals surface area contributed by atoms with Crippen LogP contribution in [0.15, 0.2) is 12.1 Å². The highest BCUT2D eigenvalue weighted by Gasteiger charge is 2.09. The van der Waals surface area contributed by atoms with Gasteiger partial charge in [-0.05, 0) is 25.5 Å². The van der Waals surface area contributed by atoms with Crippen molar-refractivity contribution in [2.45, 2.75) is 13.3 Å². The molecule has 0 bridgehead atoms. The second-order valence-electron chi connectivity index (χ2n) is 3.49. The molecule has 0 spiro atoms. The molecule has 0 aliphatic rings. The highest BCUT2D eigenvalue weighted by molar-refractivity contribution is 7.16. The van der Waals surface area contributed by atoms with Gasteiger partial charge in [-0.25, -0.2) is 4.79 Å². The molecule has 0 aliphatic carbocycles. The van der Waals surface area contributed by atoms with Crippen LogP contribution in [0.5, 0.6) is 0 Å². The molecule has 2 amide bonds. The molecule has 17 heavy (non-hydrogen) atoms. The Morgan fingerprint density at radius 1 is 1.59 bits per heavy atom. The Bertz CT molecular complexity index is 357. The van der Waals surface area contributed by atoms with E-state index in [0.29, 0.717) is 19.6 Å². The van der Waals surface area contributed by atoms with E-state index in [9.17, 15) is 4.79 Å². The van der Waals surface area contributed by atoms with E-state index < -0.39 is 0 Å². The molecular weight excluding hydrogens is 260 g/mol. The van der Waals surface area contributed by atoms with E-state index in [1.165, 1.54) is 11.3 Å². The van der Waals surface area contributed by atoms with E-state index in [4.69, 9.17) is 16.7 Å². The Labute approximate surface area is 110 Å². The molecule has 0 radical (unpaired) electrons. The maximum Gasteiger partial charge on any atom is 0.317 e. The quantitative estimate of drug-likeness (QED) is 0.835. The first-order valence-corrected chi connectivity index (χ1v) is 6.74. The molecule has 1 aromatic rings. The summed E-state index contributed by atoms with van der Waals surface area (Å²) in [6.45, 7) is 3.41. The van der Waals surface area contributed by atoms with Crippen LogP contribution < -0.4 is 5.32 Å². The number of likely N-dealkylation sites (N-methyl/N-ethyl adjacent to an activating group) is 1. The number of aliphatic hydroxyl groups is 1. The van der Waals surface area contributed by atoms with E-state index in [1.807, 2.05) is 19.1 Å². The number of carbonyl (C=O) groups excluding carboxylic acids is 1. The van der Waals surface area contributed by atoms with Crippen molar-refractivity contribution < 1.29 is 9.90 Å². The molecule has 0 fully saturated rings. The number of hydrogen-bond acceptors (Lipinski definition) is 3. The monoisotopic (exact) mass is 276 g/mol. The number of nitrogens with one attached hydrogen (secondary N) is 1. The maximum absolute atomic E-state index is 11.6. The van der Waals surface area contributed by atoms with Crippen LogP contribution in [-0.4, -0.2) is 42.3 Å². The van der Waals surface area contributed by atoms with Crippen LogP contribution in [-0.2, 0) is 6.42 Å².